The van der Waals surface area contributed by atoms with Crippen LogP contribution in [0.1, 0.15) is 6.92 Å². The lowest BCUT2D eigenvalue weighted by atomic mass is 10.3. The lowest BCUT2D eigenvalue weighted by Crippen LogP contribution is -2.15. The van der Waals surface area contributed by atoms with Gasteiger partial charge in [0.05, 0.1) is 15.6 Å². The van der Waals surface area contributed by atoms with Crippen molar-refractivity contribution in [1.29, 1.82) is 0 Å². The zero-order valence-electron chi connectivity index (χ0n) is 12.6. The largest absolute Gasteiger partial charge is 0.325 e. The Morgan fingerprint density at radius 3 is 2.36 bits per heavy atom. The number of amides is 1. The third-order valence-corrected chi connectivity index (χ3v) is 4.66. The van der Waals surface area contributed by atoms with Crippen molar-refractivity contribution in [2.45, 2.75) is 11.8 Å². The zero-order chi connectivity index (χ0) is 18.8. The Labute approximate surface area is 146 Å². The van der Waals surface area contributed by atoms with Gasteiger partial charge in [-0.3, -0.25) is 19.6 Å². The molecule has 0 saturated carbocycles. The summed E-state index contributed by atoms with van der Waals surface area (Å²) < 4.78 is 40.8. The van der Waals surface area contributed by atoms with E-state index in [4.69, 9.17) is 11.6 Å². The van der Waals surface area contributed by atoms with Crippen molar-refractivity contribution in [3.05, 3.63) is 57.4 Å². The first-order chi connectivity index (χ1) is 11.6. The monoisotopic (exact) mass is 387 g/mol. The highest BCUT2D eigenvalue weighted by molar-refractivity contribution is 7.92. The SMILES string of the molecule is CC(=O)Nc1cc(F)c(S(=O)(=O)Nc2ccc([N+](=O)[O-])cc2)cc1Cl. The molecular weight excluding hydrogens is 377 g/mol. The number of hydrogen-bond acceptors (Lipinski definition) is 5. The lowest BCUT2D eigenvalue weighted by Gasteiger charge is -2.11. The second-order valence-electron chi connectivity index (χ2n) is 4.85. The number of carbonyl (C=O) groups is 1. The molecule has 2 aromatic carbocycles. The molecular formula is C14H11ClFN3O5S. The average molecular weight is 388 g/mol. The Bertz CT molecular complexity index is 948. The van der Waals surface area contributed by atoms with Crippen molar-refractivity contribution in [2.75, 3.05) is 10.0 Å². The second-order valence-corrected chi connectivity index (χ2v) is 6.91. The maximum absolute atomic E-state index is 14.1. The van der Waals surface area contributed by atoms with E-state index in [-0.39, 0.29) is 22.1 Å². The molecule has 0 unspecified atom stereocenters. The average Bonchev–Trinajstić information content (AvgIpc) is 2.50. The van der Waals surface area contributed by atoms with Crippen molar-refractivity contribution in [1.82, 2.24) is 0 Å². The molecule has 2 N–H and O–H groups in total. The van der Waals surface area contributed by atoms with Gasteiger partial charge in [-0.1, -0.05) is 11.6 Å². The van der Waals surface area contributed by atoms with E-state index in [2.05, 4.69) is 10.0 Å². The van der Waals surface area contributed by atoms with E-state index < -0.39 is 31.6 Å². The van der Waals surface area contributed by atoms with Crippen LogP contribution >= 0.6 is 11.6 Å². The molecule has 132 valence electrons. The Hall–Kier alpha value is -2.72. The number of sulfonamides is 1. The highest BCUT2D eigenvalue weighted by Gasteiger charge is 2.22. The van der Waals surface area contributed by atoms with E-state index in [9.17, 15) is 27.7 Å². The van der Waals surface area contributed by atoms with Gasteiger partial charge in [0, 0.05) is 30.8 Å². The van der Waals surface area contributed by atoms with Crippen LogP contribution in [-0.2, 0) is 14.8 Å². The summed E-state index contributed by atoms with van der Waals surface area (Å²) in [6.07, 6.45) is 0. The number of halogens is 2. The van der Waals surface area contributed by atoms with E-state index in [1.807, 2.05) is 0 Å². The molecule has 0 aromatic heterocycles. The minimum Gasteiger partial charge on any atom is -0.325 e. The number of nitro groups is 1. The highest BCUT2D eigenvalue weighted by atomic mass is 35.5. The van der Waals surface area contributed by atoms with Crippen LogP contribution in [0.25, 0.3) is 0 Å². The predicted octanol–water partition coefficient (Wildman–Crippen LogP) is 3.15. The molecule has 0 aliphatic heterocycles. The minimum absolute atomic E-state index is 0.00654. The van der Waals surface area contributed by atoms with Crippen LogP contribution in [0.3, 0.4) is 0 Å². The minimum atomic E-state index is -4.34. The number of non-ortho nitro benzene ring substituents is 1. The summed E-state index contributed by atoms with van der Waals surface area (Å²) in [4.78, 5) is 20.2. The number of benzene rings is 2. The van der Waals surface area contributed by atoms with E-state index in [1.165, 1.54) is 19.1 Å². The zero-order valence-corrected chi connectivity index (χ0v) is 14.2. The number of nitrogens with zero attached hydrogens (tertiary/aromatic N) is 1. The van der Waals surface area contributed by atoms with Crippen molar-refractivity contribution in [2.24, 2.45) is 0 Å². The molecule has 0 heterocycles. The molecule has 1 amide bonds. The van der Waals surface area contributed by atoms with Crippen molar-refractivity contribution in [3.8, 4) is 0 Å². The smallest absolute Gasteiger partial charge is 0.269 e. The summed E-state index contributed by atoms with van der Waals surface area (Å²) in [5.41, 5.74) is -0.287. The molecule has 0 radical (unpaired) electrons. The van der Waals surface area contributed by atoms with Gasteiger partial charge in [0.15, 0.2) is 0 Å². The molecule has 0 fully saturated rings. The molecule has 25 heavy (non-hydrogen) atoms. The molecule has 0 atom stereocenters. The maximum Gasteiger partial charge on any atom is 0.269 e. The van der Waals surface area contributed by atoms with Gasteiger partial charge < -0.3 is 5.32 Å². The number of nitrogens with one attached hydrogen (secondary N) is 2. The second kappa shape index (κ2) is 7.03. The molecule has 0 bridgehead atoms. The van der Waals surface area contributed by atoms with Crippen LogP contribution in [0.2, 0.25) is 5.02 Å². The van der Waals surface area contributed by atoms with Crippen molar-refractivity contribution in [3.63, 3.8) is 0 Å². The molecule has 0 aliphatic rings. The third-order valence-electron chi connectivity index (χ3n) is 2.95. The molecule has 0 saturated heterocycles. The van der Waals surface area contributed by atoms with E-state index in [1.54, 1.807) is 0 Å². The van der Waals surface area contributed by atoms with E-state index >= 15 is 0 Å². The number of hydrogen-bond donors (Lipinski definition) is 2. The van der Waals surface area contributed by atoms with Gasteiger partial charge in [-0.15, -0.1) is 0 Å². The standard InChI is InChI=1S/C14H11ClFN3O5S/c1-8(20)17-13-7-12(16)14(6-11(13)15)25(23,24)18-9-2-4-10(5-3-9)19(21)22/h2-7,18H,1H3,(H,17,20). The fraction of sp³-hybridized carbons (Fsp3) is 0.0714. The van der Waals surface area contributed by atoms with E-state index in [0.717, 1.165) is 24.3 Å². The summed E-state index contributed by atoms with van der Waals surface area (Å²) in [6, 6.07) is 6.17. The normalized spacial score (nSPS) is 11.0. The molecule has 0 spiro atoms. The fourth-order valence-electron chi connectivity index (χ4n) is 1.88. The molecule has 2 aromatic rings. The summed E-state index contributed by atoms with van der Waals surface area (Å²) in [5, 5.41) is 12.7. The summed E-state index contributed by atoms with van der Waals surface area (Å²) in [5.74, 6) is -1.62. The number of anilines is 2. The first-order valence-corrected chi connectivity index (χ1v) is 8.50. The Kier molecular flexibility index (Phi) is 5.24. The lowest BCUT2D eigenvalue weighted by molar-refractivity contribution is -0.384. The van der Waals surface area contributed by atoms with Crippen LogP contribution in [0.5, 0.6) is 0 Å². The van der Waals surface area contributed by atoms with Gasteiger partial charge in [-0.25, -0.2) is 12.8 Å². The van der Waals surface area contributed by atoms with Gasteiger partial charge >= 0.3 is 0 Å². The first kappa shape index (κ1) is 18.6. The van der Waals surface area contributed by atoms with Crippen LogP contribution < -0.4 is 10.0 Å². The highest BCUT2D eigenvalue weighted by Crippen LogP contribution is 2.29. The fourth-order valence-corrected chi connectivity index (χ4v) is 3.30. The van der Waals surface area contributed by atoms with Crippen LogP contribution in [0, 0.1) is 15.9 Å². The Balaban J connectivity index is 2.34. The van der Waals surface area contributed by atoms with Gasteiger partial charge in [-0.05, 0) is 18.2 Å². The topological polar surface area (TPSA) is 118 Å². The van der Waals surface area contributed by atoms with Crippen molar-refractivity contribution < 1.29 is 22.5 Å². The summed E-state index contributed by atoms with van der Waals surface area (Å²) in [6.45, 7) is 1.19. The van der Waals surface area contributed by atoms with Crippen LogP contribution in [0.15, 0.2) is 41.3 Å². The third kappa shape index (κ3) is 4.43. The predicted molar refractivity (Wildman–Crippen MR) is 89.6 cm³/mol. The van der Waals surface area contributed by atoms with Gasteiger partial charge in [0.25, 0.3) is 15.7 Å². The number of rotatable bonds is 5. The first-order valence-electron chi connectivity index (χ1n) is 6.64. The summed E-state index contributed by atoms with van der Waals surface area (Å²) >= 11 is 5.86. The number of nitro benzene ring substituents is 1. The molecule has 0 aliphatic carbocycles. The van der Waals surface area contributed by atoms with Gasteiger partial charge in [0.2, 0.25) is 5.91 Å². The molecule has 8 nitrogen and oxygen atoms in total. The quantitative estimate of drug-likeness (QED) is 0.603. The van der Waals surface area contributed by atoms with E-state index in [0.29, 0.717) is 0 Å². The van der Waals surface area contributed by atoms with Gasteiger partial charge in [0.1, 0.15) is 10.7 Å². The van der Waals surface area contributed by atoms with Crippen LogP contribution in [-0.4, -0.2) is 19.2 Å². The maximum atomic E-state index is 14.1. The summed E-state index contributed by atoms with van der Waals surface area (Å²) in [7, 11) is -4.34. The molecule has 11 heteroatoms. The van der Waals surface area contributed by atoms with Crippen molar-refractivity contribution >= 4 is 44.6 Å². The number of carbonyl (C=O) groups excluding carboxylic acids is 1. The Morgan fingerprint density at radius 2 is 1.84 bits per heavy atom. The van der Waals surface area contributed by atoms with Gasteiger partial charge in [-0.2, -0.15) is 0 Å². The van der Waals surface area contributed by atoms with Crippen LogP contribution in [0.4, 0.5) is 21.5 Å². The Morgan fingerprint density at radius 1 is 1.24 bits per heavy atom. The molecule has 2 rings (SSSR count).